The first-order chi connectivity index (χ1) is 11.0. The third kappa shape index (κ3) is 4.51. The molecule has 1 aromatic rings. The van der Waals surface area contributed by atoms with E-state index in [1.54, 1.807) is 6.07 Å². The van der Waals surface area contributed by atoms with Crippen molar-refractivity contribution in [1.29, 1.82) is 0 Å². The van der Waals surface area contributed by atoms with Crippen LogP contribution in [0.25, 0.3) is 0 Å². The molecule has 1 aliphatic carbocycles. The lowest BCUT2D eigenvalue weighted by molar-refractivity contribution is -0.141. The molecule has 23 heavy (non-hydrogen) atoms. The Balaban J connectivity index is 1.69. The van der Waals surface area contributed by atoms with Crippen LogP contribution in [0.1, 0.15) is 29.6 Å². The highest BCUT2D eigenvalue weighted by atomic mass is 19.1. The Labute approximate surface area is 133 Å². The first kappa shape index (κ1) is 16.9. The largest absolute Gasteiger partial charge is 0.481 e. The molecular weight excluding hydrogens is 303 g/mol. The van der Waals surface area contributed by atoms with Crippen molar-refractivity contribution in [1.82, 2.24) is 10.6 Å². The Morgan fingerprint density at radius 3 is 2.39 bits per heavy atom. The number of carbonyl (C=O) groups is 3. The number of halogens is 1. The molecule has 1 aliphatic rings. The monoisotopic (exact) mass is 322 g/mol. The topological polar surface area (TPSA) is 95.5 Å². The summed E-state index contributed by atoms with van der Waals surface area (Å²) in [5.41, 5.74) is -0.0427. The standard InChI is InChI=1S/C16H19FN2O4/c17-13-4-2-1-3-12(13)15(21)19-8-7-18-14(20)10-5-6-11(9-10)16(22)23/h1-4,10-11H,5-9H2,(H,18,20)(H,19,21)(H,22,23)/t10-,11+/m0/s1. The number of nitrogens with one attached hydrogen (secondary N) is 2. The lowest BCUT2D eigenvalue weighted by Crippen LogP contribution is -2.37. The lowest BCUT2D eigenvalue weighted by atomic mass is 10.0. The highest BCUT2D eigenvalue weighted by Gasteiger charge is 2.33. The summed E-state index contributed by atoms with van der Waals surface area (Å²) < 4.78 is 13.4. The molecule has 2 rings (SSSR count). The highest BCUT2D eigenvalue weighted by molar-refractivity contribution is 5.94. The number of hydrogen-bond acceptors (Lipinski definition) is 3. The van der Waals surface area contributed by atoms with Gasteiger partial charge in [-0.25, -0.2) is 4.39 Å². The summed E-state index contributed by atoms with van der Waals surface area (Å²) in [7, 11) is 0. The quantitative estimate of drug-likeness (QED) is 0.685. The Morgan fingerprint density at radius 1 is 1.09 bits per heavy atom. The van der Waals surface area contributed by atoms with E-state index < -0.39 is 23.6 Å². The second-order valence-electron chi connectivity index (χ2n) is 5.57. The van der Waals surface area contributed by atoms with Crippen LogP contribution in [0.4, 0.5) is 4.39 Å². The molecule has 7 heteroatoms. The zero-order valence-electron chi connectivity index (χ0n) is 12.5. The van der Waals surface area contributed by atoms with Gasteiger partial charge in [-0.3, -0.25) is 14.4 Å². The molecule has 0 aliphatic heterocycles. The molecule has 6 nitrogen and oxygen atoms in total. The molecule has 0 saturated heterocycles. The van der Waals surface area contributed by atoms with Crippen LogP contribution in [0.3, 0.4) is 0 Å². The average Bonchev–Trinajstić information content (AvgIpc) is 3.02. The summed E-state index contributed by atoms with van der Waals surface area (Å²) in [6, 6.07) is 5.65. The third-order valence-electron chi connectivity index (χ3n) is 3.98. The summed E-state index contributed by atoms with van der Waals surface area (Å²) in [4.78, 5) is 34.5. The fourth-order valence-corrected chi connectivity index (χ4v) is 2.69. The second kappa shape index (κ2) is 7.71. The summed E-state index contributed by atoms with van der Waals surface area (Å²) >= 11 is 0. The maximum atomic E-state index is 13.4. The van der Waals surface area contributed by atoms with Crippen LogP contribution in [0.15, 0.2) is 24.3 Å². The Morgan fingerprint density at radius 2 is 1.74 bits per heavy atom. The van der Waals surface area contributed by atoms with E-state index >= 15 is 0 Å². The molecule has 0 heterocycles. The van der Waals surface area contributed by atoms with Gasteiger partial charge in [0.15, 0.2) is 0 Å². The Hall–Kier alpha value is -2.44. The molecule has 0 spiro atoms. The number of carboxylic acids is 1. The second-order valence-corrected chi connectivity index (χ2v) is 5.57. The summed E-state index contributed by atoms with van der Waals surface area (Å²) in [6.07, 6.45) is 1.42. The van der Waals surface area contributed by atoms with E-state index in [4.69, 9.17) is 5.11 Å². The van der Waals surface area contributed by atoms with Crippen molar-refractivity contribution >= 4 is 17.8 Å². The first-order valence-electron chi connectivity index (χ1n) is 7.52. The molecule has 0 radical (unpaired) electrons. The molecule has 2 amide bonds. The van der Waals surface area contributed by atoms with Gasteiger partial charge in [0.1, 0.15) is 5.82 Å². The fraction of sp³-hybridized carbons (Fsp3) is 0.438. The van der Waals surface area contributed by atoms with Gasteiger partial charge in [-0.15, -0.1) is 0 Å². The van der Waals surface area contributed by atoms with Crippen LogP contribution in [-0.2, 0) is 9.59 Å². The number of aliphatic carboxylic acids is 1. The van der Waals surface area contributed by atoms with Crippen molar-refractivity contribution in [3.8, 4) is 0 Å². The molecule has 0 aromatic heterocycles. The SMILES string of the molecule is O=C(NCCNC(=O)[C@H]1CC[C@@H](C(=O)O)C1)c1ccccc1F. The fourth-order valence-electron chi connectivity index (χ4n) is 2.69. The lowest BCUT2D eigenvalue weighted by Gasteiger charge is -2.11. The van der Waals surface area contributed by atoms with Gasteiger partial charge < -0.3 is 15.7 Å². The number of benzene rings is 1. The molecular formula is C16H19FN2O4. The van der Waals surface area contributed by atoms with E-state index in [1.165, 1.54) is 18.2 Å². The van der Waals surface area contributed by atoms with Crippen molar-refractivity contribution in [3.63, 3.8) is 0 Å². The van der Waals surface area contributed by atoms with E-state index in [-0.39, 0.29) is 30.5 Å². The minimum atomic E-state index is -0.863. The molecule has 3 N–H and O–H groups in total. The van der Waals surface area contributed by atoms with Crippen molar-refractivity contribution in [2.24, 2.45) is 11.8 Å². The van der Waals surface area contributed by atoms with Gasteiger partial charge >= 0.3 is 5.97 Å². The van der Waals surface area contributed by atoms with Crippen molar-refractivity contribution in [2.45, 2.75) is 19.3 Å². The van der Waals surface area contributed by atoms with E-state index in [2.05, 4.69) is 10.6 Å². The number of rotatable bonds is 6. The molecule has 1 fully saturated rings. The third-order valence-corrected chi connectivity index (χ3v) is 3.98. The van der Waals surface area contributed by atoms with Crippen molar-refractivity contribution in [2.75, 3.05) is 13.1 Å². The van der Waals surface area contributed by atoms with Crippen LogP contribution >= 0.6 is 0 Å². The number of hydrogen-bond donors (Lipinski definition) is 3. The normalized spacial score (nSPS) is 20.0. The zero-order valence-corrected chi connectivity index (χ0v) is 12.5. The van der Waals surface area contributed by atoms with Gasteiger partial charge in [-0.05, 0) is 31.4 Å². The van der Waals surface area contributed by atoms with Gasteiger partial charge in [-0.2, -0.15) is 0 Å². The van der Waals surface area contributed by atoms with Crippen LogP contribution in [0.2, 0.25) is 0 Å². The Kier molecular flexibility index (Phi) is 5.67. The van der Waals surface area contributed by atoms with Crippen LogP contribution in [-0.4, -0.2) is 36.0 Å². The van der Waals surface area contributed by atoms with Crippen LogP contribution < -0.4 is 10.6 Å². The van der Waals surface area contributed by atoms with Gasteiger partial charge in [0, 0.05) is 19.0 Å². The number of carboxylic acid groups (broad SMARTS) is 1. The molecule has 2 atom stereocenters. The van der Waals surface area contributed by atoms with Crippen LogP contribution in [0, 0.1) is 17.7 Å². The smallest absolute Gasteiger partial charge is 0.306 e. The zero-order chi connectivity index (χ0) is 16.8. The summed E-state index contributed by atoms with van der Waals surface area (Å²) in [5.74, 6) is -2.94. The average molecular weight is 322 g/mol. The van der Waals surface area contributed by atoms with Crippen LogP contribution in [0.5, 0.6) is 0 Å². The summed E-state index contributed by atoms with van der Waals surface area (Å²) in [5, 5.41) is 14.1. The number of amides is 2. The molecule has 0 unspecified atom stereocenters. The molecule has 1 aromatic carbocycles. The number of carbonyl (C=O) groups excluding carboxylic acids is 2. The van der Waals surface area contributed by atoms with Crippen molar-refractivity contribution in [3.05, 3.63) is 35.6 Å². The molecule has 1 saturated carbocycles. The van der Waals surface area contributed by atoms with E-state index in [1.807, 2.05) is 0 Å². The van der Waals surface area contributed by atoms with Gasteiger partial charge in [0.05, 0.1) is 11.5 Å². The predicted molar refractivity (Wildman–Crippen MR) is 80.2 cm³/mol. The first-order valence-corrected chi connectivity index (χ1v) is 7.52. The molecule has 0 bridgehead atoms. The highest BCUT2D eigenvalue weighted by Crippen LogP contribution is 2.30. The van der Waals surface area contributed by atoms with Gasteiger partial charge in [0.2, 0.25) is 5.91 Å². The minimum absolute atomic E-state index is 0.0427. The minimum Gasteiger partial charge on any atom is -0.481 e. The van der Waals surface area contributed by atoms with Gasteiger partial charge in [0.25, 0.3) is 5.91 Å². The van der Waals surface area contributed by atoms with Gasteiger partial charge in [-0.1, -0.05) is 12.1 Å². The van der Waals surface area contributed by atoms with E-state index in [0.717, 1.165) is 0 Å². The maximum absolute atomic E-state index is 13.4. The maximum Gasteiger partial charge on any atom is 0.306 e. The summed E-state index contributed by atoms with van der Waals surface area (Å²) in [6.45, 7) is 0.390. The molecule has 124 valence electrons. The van der Waals surface area contributed by atoms with E-state index in [0.29, 0.717) is 19.3 Å². The van der Waals surface area contributed by atoms with E-state index in [9.17, 15) is 18.8 Å². The Bertz CT molecular complexity index is 605. The predicted octanol–water partition coefficient (Wildman–Crippen LogP) is 1.17. The van der Waals surface area contributed by atoms with Crippen molar-refractivity contribution < 1.29 is 23.9 Å².